The number of rotatable bonds is 4. The van der Waals surface area contributed by atoms with Crippen LogP contribution in [0.4, 0.5) is 5.69 Å². The molecular formula is C17H20N4O2S. The summed E-state index contributed by atoms with van der Waals surface area (Å²) < 4.78 is 0. The summed E-state index contributed by atoms with van der Waals surface area (Å²) in [5, 5.41) is 7.62. The Morgan fingerprint density at radius 2 is 1.96 bits per heavy atom. The van der Waals surface area contributed by atoms with E-state index < -0.39 is 0 Å². The van der Waals surface area contributed by atoms with Crippen LogP contribution in [0, 0.1) is 5.92 Å². The monoisotopic (exact) mass is 344 g/mol. The number of hydrogen-bond donors (Lipinski definition) is 2. The van der Waals surface area contributed by atoms with E-state index in [2.05, 4.69) is 27.5 Å². The Labute approximate surface area is 144 Å². The highest BCUT2D eigenvalue weighted by atomic mass is 32.1. The Hall–Kier alpha value is -2.28. The molecule has 1 fully saturated rings. The first kappa shape index (κ1) is 16.6. The Morgan fingerprint density at radius 1 is 1.17 bits per heavy atom. The van der Waals surface area contributed by atoms with Gasteiger partial charge in [-0.2, -0.15) is 0 Å². The quantitative estimate of drug-likeness (QED) is 0.892. The number of nitrogens with one attached hydrogen (secondary N) is 2. The highest BCUT2D eigenvalue weighted by molar-refractivity contribution is 7.12. The minimum absolute atomic E-state index is 0.126. The first-order valence-electron chi connectivity index (χ1n) is 8.09. The van der Waals surface area contributed by atoms with Crippen molar-refractivity contribution < 1.29 is 9.59 Å². The van der Waals surface area contributed by atoms with E-state index in [-0.39, 0.29) is 23.6 Å². The summed E-state index contributed by atoms with van der Waals surface area (Å²) in [4.78, 5) is 33.0. The second-order valence-electron chi connectivity index (χ2n) is 6.14. The van der Waals surface area contributed by atoms with Crippen LogP contribution in [0.15, 0.2) is 30.0 Å². The van der Waals surface area contributed by atoms with Gasteiger partial charge in [-0.05, 0) is 43.0 Å². The first-order chi connectivity index (χ1) is 11.6. The van der Waals surface area contributed by atoms with E-state index >= 15 is 0 Å². The molecule has 2 heterocycles. The number of anilines is 1. The van der Waals surface area contributed by atoms with Crippen molar-refractivity contribution in [2.24, 2.45) is 5.92 Å². The topological polar surface area (TPSA) is 84.0 Å². The lowest BCUT2D eigenvalue weighted by Crippen LogP contribution is -2.37. The molecule has 24 heavy (non-hydrogen) atoms. The molecule has 3 rings (SSSR count). The number of amides is 2. The minimum Gasteiger partial charge on any atom is -0.349 e. The molecule has 0 bridgehead atoms. The number of aromatic nitrogens is 2. The van der Waals surface area contributed by atoms with E-state index in [0.717, 1.165) is 31.6 Å². The lowest BCUT2D eigenvalue weighted by molar-refractivity contribution is 0.0928. The molecule has 2 amide bonds. The lowest BCUT2D eigenvalue weighted by Gasteiger charge is -2.26. The second kappa shape index (κ2) is 7.53. The summed E-state index contributed by atoms with van der Waals surface area (Å²) in [6.45, 7) is 2.25. The zero-order valence-electron chi connectivity index (χ0n) is 13.5. The van der Waals surface area contributed by atoms with Crippen molar-refractivity contribution >= 4 is 28.8 Å². The van der Waals surface area contributed by atoms with Crippen LogP contribution in [0.5, 0.6) is 0 Å². The molecule has 1 aliphatic carbocycles. The van der Waals surface area contributed by atoms with E-state index in [1.807, 2.05) is 0 Å². The summed E-state index contributed by atoms with van der Waals surface area (Å²) >= 11 is 1.32. The van der Waals surface area contributed by atoms with Crippen molar-refractivity contribution in [1.82, 2.24) is 15.3 Å². The number of carbonyl (C=O) groups excluding carboxylic acids is 2. The second-order valence-corrected chi connectivity index (χ2v) is 7.05. The molecule has 0 spiro atoms. The molecule has 6 nitrogen and oxygen atoms in total. The van der Waals surface area contributed by atoms with Crippen LogP contribution in [-0.2, 0) is 0 Å². The van der Waals surface area contributed by atoms with Crippen LogP contribution in [0.3, 0.4) is 0 Å². The molecule has 1 aliphatic rings. The molecule has 2 aromatic heterocycles. The highest BCUT2D eigenvalue weighted by Crippen LogP contribution is 2.26. The number of carbonyl (C=O) groups is 2. The zero-order chi connectivity index (χ0) is 16.9. The molecule has 2 N–H and O–H groups in total. The highest BCUT2D eigenvalue weighted by Gasteiger charge is 2.22. The largest absolute Gasteiger partial charge is 0.349 e. The van der Waals surface area contributed by atoms with Crippen LogP contribution in [0.1, 0.15) is 52.8 Å². The Bertz CT molecular complexity index is 708. The van der Waals surface area contributed by atoms with Crippen LogP contribution in [-0.4, -0.2) is 27.8 Å². The molecule has 0 saturated heterocycles. The summed E-state index contributed by atoms with van der Waals surface area (Å²) in [7, 11) is 0. The number of thiophene rings is 1. The fraction of sp³-hybridized carbons (Fsp3) is 0.412. The van der Waals surface area contributed by atoms with Crippen LogP contribution < -0.4 is 10.6 Å². The Balaban J connectivity index is 1.64. The molecule has 0 aliphatic heterocycles. The van der Waals surface area contributed by atoms with Gasteiger partial charge in [-0.25, -0.2) is 4.98 Å². The third-order valence-electron chi connectivity index (χ3n) is 4.27. The predicted octanol–water partition coefficient (Wildman–Crippen LogP) is 3.10. The van der Waals surface area contributed by atoms with Gasteiger partial charge in [-0.15, -0.1) is 11.3 Å². The number of hydrogen-bond acceptors (Lipinski definition) is 5. The average Bonchev–Trinajstić information content (AvgIpc) is 3.06. The van der Waals surface area contributed by atoms with Crippen molar-refractivity contribution in [3.05, 3.63) is 40.6 Å². The fourth-order valence-corrected chi connectivity index (χ4v) is 3.59. The molecule has 7 heteroatoms. The molecule has 2 aromatic rings. The Kier molecular flexibility index (Phi) is 5.20. The van der Waals surface area contributed by atoms with E-state index in [0.29, 0.717) is 10.6 Å². The maximum absolute atomic E-state index is 12.5. The van der Waals surface area contributed by atoms with E-state index in [4.69, 9.17) is 0 Å². The molecule has 1 saturated carbocycles. The molecular weight excluding hydrogens is 324 g/mol. The molecule has 0 atom stereocenters. The zero-order valence-corrected chi connectivity index (χ0v) is 14.3. The molecule has 0 unspecified atom stereocenters. The summed E-state index contributed by atoms with van der Waals surface area (Å²) in [6.07, 6.45) is 8.67. The summed E-state index contributed by atoms with van der Waals surface area (Å²) in [5.74, 6) is 0.239. The van der Waals surface area contributed by atoms with Crippen molar-refractivity contribution in [3.8, 4) is 0 Å². The maximum atomic E-state index is 12.5. The van der Waals surface area contributed by atoms with Gasteiger partial charge in [0.1, 0.15) is 10.6 Å². The van der Waals surface area contributed by atoms with Crippen molar-refractivity contribution in [1.29, 1.82) is 0 Å². The van der Waals surface area contributed by atoms with Crippen molar-refractivity contribution in [2.45, 2.75) is 38.6 Å². The smallest absolute Gasteiger partial charge is 0.275 e. The Morgan fingerprint density at radius 3 is 2.67 bits per heavy atom. The van der Waals surface area contributed by atoms with Gasteiger partial charge >= 0.3 is 0 Å². The van der Waals surface area contributed by atoms with Gasteiger partial charge in [-0.1, -0.05) is 6.92 Å². The number of nitrogens with zero attached hydrogens (tertiary/aromatic N) is 2. The normalized spacial score (nSPS) is 20.4. The van der Waals surface area contributed by atoms with Crippen LogP contribution in [0.25, 0.3) is 0 Å². The van der Waals surface area contributed by atoms with E-state index in [1.54, 1.807) is 11.4 Å². The molecule has 126 valence electrons. The third kappa shape index (κ3) is 3.97. The van der Waals surface area contributed by atoms with Gasteiger partial charge in [0.15, 0.2) is 0 Å². The maximum Gasteiger partial charge on any atom is 0.275 e. The van der Waals surface area contributed by atoms with Crippen LogP contribution >= 0.6 is 11.3 Å². The van der Waals surface area contributed by atoms with E-state index in [9.17, 15) is 9.59 Å². The minimum atomic E-state index is -0.373. The lowest BCUT2D eigenvalue weighted by atomic mass is 9.87. The summed E-state index contributed by atoms with van der Waals surface area (Å²) in [5.41, 5.74) is 0.730. The van der Waals surface area contributed by atoms with Crippen molar-refractivity contribution in [3.63, 3.8) is 0 Å². The average molecular weight is 344 g/mol. The van der Waals surface area contributed by atoms with Gasteiger partial charge < -0.3 is 10.6 Å². The van der Waals surface area contributed by atoms with Crippen LogP contribution in [0.2, 0.25) is 0 Å². The predicted molar refractivity (Wildman–Crippen MR) is 93.2 cm³/mol. The van der Waals surface area contributed by atoms with Gasteiger partial charge in [0.2, 0.25) is 0 Å². The fourth-order valence-electron chi connectivity index (χ4n) is 2.84. The van der Waals surface area contributed by atoms with Gasteiger partial charge in [0.25, 0.3) is 11.8 Å². The van der Waals surface area contributed by atoms with Gasteiger partial charge in [0, 0.05) is 18.4 Å². The van der Waals surface area contributed by atoms with Crippen molar-refractivity contribution in [2.75, 3.05) is 5.32 Å². The first-order valence-corrected chi connectivity index (χ1v) is 8.97. The SMILES string of the molecule is CC1CCC(NC(=O)c2sccc2NC(=O)c2cnccn2)CC1. The third-order valence-corrected chi connectivity index (χ3v) is 5.18. The standard InChI is InChI=1S/C17H20N4O2S/c1-11-2-4-12(5-3-11)20-17(23)15-13(6-9-24-15)21-16(22)14-10-18-7-8-19-14/h6-12H,2-5H2,1H3,(H,20,23)(H,21,22). The molecule has 0 aromatic carbocycles. The van der Waals surface area contributed by atoms with Gasteiger partial charge in [0.05, 0.1) is 11.9 Å². The summed E-state index contributed by atoms with van der Waals surface area (Å²) in [6, 6.07) is 1.95. The van der Waals surface area contributed by atoms with Gasteiger partial charge in [-0.3, -0.25) is 14.6 Å². The molecule has 0 radical (unpaired) electrons. The van der Waals surface area contributed by atoms with E-state index in [1.165, 1.54) is 29.9 Å².